The van der Waals surface area contributed by atoms with Crippen LogP contribution in [0.4, 0.5) is 5.69 Å². The Morgan fingerprint density at radius 3 is 2.86 bits per heavy atom. The summed E-state index contributed by atoms with van der Waals surface area (Å²) in [4.78, 5) is 15.1. The van der Waals surface area contributed by atoms with E-state index in [0.717, 1.165) is 0 Å². The average molecular weight is 187 g/mol. The first-order chi connectivity index (χ1) is 6.86. The van der Waals surface area contributed by atoms with Gasteiger partial charge in [0, 0.05) is 5.69 Å². The lowest BCUT2D eigenvalue weighted by Gasteiger charge is -2.00. The van der Waals surface area contributed by atoms with Crippen molar-refractivity contribution in [2.75, 3.05) is 5.32 Å². The highest BCUT2D eigenvalue weighted by Crippen LogP contribution is 2.07. The molecule has 0 fully saturated rings. The maximum atomic E-state index is 11.4. The van der Waals surface area contributed by atoms with Crippen LogP contribution in [0.25, 0.3) is 0 Å². The van der Waals surface area contributed by atoms with Gasteiger partial charge in [-0.15, -0.1) is 0 Å². The van der Waals surface area contributed by atoms with Crippen molar-refractivity contribution in [3.8, 4) is 0 Å². The first-order valence-corrected chi connectivity index (χ1v) is 4.02. The molecule has 1 aromatic heterocycles. The molecule has 1 radical (unpaired) electrons. The van der Waals surface area contributed by atoms with Crippen molar-refractivity contribution in [1.29, 1.82) is 0 Å². The third kappa shape index (κ3) is 1.80. The summed E-state index contributed by atoms with van der Waals surface area (Å²) in [6, 6.07) is 9.78. The SMILES string of the molecule is O=C(Nc1cc[c]cc1)c1cnco1. The summed E-state index contributed by atoms with van der Waals surface area (Å²) in [5.41, 5.74) is 0.699. The van der Waals surface area contributed by atoms with Gasteiger partial charge in [0.15, 0.2) is 6.39 Å². The summed E-state index contributed by atoms with van der Waals surface area (Å²) in [6.45, 7) is 0. The largest absolute Gasteiger partial charge is 0.438 e. The van der Waals surface area contributed by atoms with Crippen LogP contribution in [0.2, 0.25) is 0 Å². The summed E-state index contributed by atoms with van der Waals surface area (Å²) in [5, 5.41) is 2.65. The Labute approximate surface area is 80.6 Å². The number of rotatable bonds is 2. The molecule has 0 bridgehead atoms. The Kier molecular flexibility index (Phi) is 2.27. The minimum Gasteiger partial charge on any atom is -0.438 e. The fourth-order valence-electron chi connectivity index (χ4n) is 0.991. The molecule has 0 aliphatic carbocycles. The van der Waals surface area contributed by atoms with Crippen molar-refractivity contribution in [3.63, 3.8) is 0 Å². The second kappa shape index (κ2) is 3.74. The molecule has 69 valence electrons. The number of hydrogen-bond donors (Lipinski definition) is 1. The topological polar surface area (TPSA) is 55.1 Å². The van der Waals surface area contributed by atoms with E-state index < -0.39 is 0 Å². The molecule has 14 heavy (non-hydrogen) atoms. The van der Waals surface area contributed by atoms with Gasteiger partial charge < -0.3 is 9.73 Å². The highest BCUT2D eigenvalue weighted by molar-refractivity contribution is 6.01. The molecule has 0 aliphatic rings. The van der Waals surface area contributed by atoms with Crippen LogP contribution in [0.15, 0.2) is 41.3 Å². The van der Waals surface area contributed by atoms with Crippen molar-refractivity contribution in [1.82, 2.24) is 4.98 Å². The minimum atomic E-state index is -0.311. The van der Waals surface area contributed by atoms with Gasteiger partial charge in [0.05, 0.1) is 6.20 Å². The van der Waals surface area contributed by atoms with E-state index in [1.807, 2.05) is 0 Å². The predicted octanol–water partition coefficient (Wildman–Crippen LogP) is 1.73. The van der Waals surface area contributed by atoms with Gasteiger partial charge in [-0.05, 0) is 18.2 Å². The van der Waals surface area contributed by atoms with Gasteiger partial charge in [0.2, 0.25) is 5.76 Å². The Hall–Kier alpha value is -2.10. The highest BCUT2D eigenvalue weighted by Gasteiger charge is 2.08. The second-order valence-electron chi connectivity index (χ2n) is 2.61. The molecule has 2 rings (SSSR count). The minimum absolute atomic E-state index is 0.192. The fourth-order valence-corrected chi connectivity index (χ4v) is 0.991. The number of aromatic nitrogens is 1. The molecule has 0 saturated carbocycles. The second-order valence-corrected chi connectivity index (χ2v) is 2.61. The van der Waals surface area contributed by atoms with E-state index in [0.29, 0.717) is 5.69 Å². The Bertz CT molecular complexity index is 409. The van der Waals surface area contributed by atoms with E-state index in [4.69, 9.17) is 4.42 Å². The number of benzene rings is 1. The third-order valence-corrected chi connectivity index (χ3v) is 1.63. The molecule has 0 spiro atoms. The number of nitrogens with zero attached hydrogens (tertiary/aromatic N) is 1. The van der Waals surface area contributed by atoms with Crippen molar-refractivity contribution in [2.24, 2.45) is 0 Å². The first kappa shape index (κ1) is 8.50. The number of nitrogens with one attached hydrogen (secondary N) is 1. The molecule has 4 heteroatoms. The molecule has 1 heterocycles. The van der Waals surface area contributed by atoms with E-state index in [9.17, 15) is 4.79 Å². The predicted molar refractivity (Wildman–Crippen MR) is 49.7 cm³/mol. The quantitative estimate of drug-likeness (QED) is 0.778. The van der Waals surface area contributed by atoms with Crippen LogP contribution in [0.5, 0.6) is 0 Å². The number of oxazole rings is 1. The summed E-state index contributed by atoms with van der Waals surface area (Å²) < 4.78 is 4.84. The van der Waals surface area contributed by atoms with Crippen LogP contribution in [-0.2, 0) is 0 Å². The van der Waals surface area contributed by atoms with Gasteiger partial charge in [-0.25, -0.2) is 4.98 Å². The number of anilines is 1. The van der Waals surface area contributed by atoms with Gasteiger partial charge in [0.25, 0.3) is 5.91 Å². The normalized spacial score (nSPS) is 9.71. The molecular formula is C10H7N2O2. The van der Waals surface area contributed by atoms with Crippen molar-refractivity contribution < 1.29 is 9.21 Å². The summed E-state index contributed by atoms with van der Waals surface area (Å²) in [5.74, 6) is -0.119. The Morgan fingerprint density at radius 2 is 2.21 bits per heavy atom. The van der Waals surface area contributed by atoms with Crippen molar-refractivity contribution >= 4 is 11.6 Å². The van der Waals surface area contributed by atoms with Gasteiger partial charge in [-0.3, -0.25) is 4.79 Å². The summed E-state index contributed by atoms with van der Waals surface area (Å²) in [7, 11) is 0. The Balaban J connectivity index is 2.10. The summed E-state index contributed by atoms with van der Waals surface area (Å²) in [6.07, 6.45) is 2.58. The molecule has 0 unspecified atom stereocenters. The standard InChI is InChI=1S/C10H7N2O2/c13-10(9-6-11-7-14-9)12-8-4-2-1-3-5-8/h2-7H,(H,12,13). The molecule has 0 saturated heterocycles. The number of carbonyl (C=O) groups excluding carboxylic acids is 1. The van der Waals surface area contributed by atoms with Gasteiger partial charge in [-0.2, -0.15) is 0 Å². The zero-order valence-corrected chi connectivity index (χ0v) is 7.23. The number of carbonyl (C=O) groups is 1. The van der Waals surface area contributed by atoms with E-state index in [1.54, 1.807) is 24.3 Å². The van der Waals surface area contributed by atoms with Crippen LogP contribution < -0.4 is 5.32 Å². The van der Waals surface area contributed by atoms with Crippen LogP contribution in [-0.4, -0.2) is 10.9 Å². The van der Waals surface area contributed by atoms with E-state index in [1.165, 1.54) is 12.6 Å². The van der Waals surface area contributed by atoms with Crippen molar-refractivity contribution in [2.45, 2.75) is 0 Å². The molecular weight excluding hydrogens is 180 g/mol. The number of hydrogen-bond acceptors (Lipinski definition) is 3. The van der Waals surface area contributed by atoms with Gasteiger partial charge in [-0.1, -0.05) is 12.1 Å². The summed E-state index contributed by atoms with van der Waals surface area (Å²) >= 11 is 0. The maximum Gasteiger partial charge on any atom is 0.293 e. The lowest BCUT2D eigenvalue weighted by Crippen LogP contribution is -2.10. The zero-order valence-electron chi connectivity index (χ0n) is 7.23. The Morgan fingerprint density at radius 1 is 1.43 bits per heavy atom. The molecule has 1 aromatic carbocycles. The van der Waals surface area contributed by atoms with Crippen LogP contribution in [0.1, 0.15) is 10.6 Å². The smallest absolute Gasteiger partial charge is 0.293 e. The van der Waals surface area contributed by atoms with Crippen LogP contribution in [0, 0.1) is 6.07 Å². The lowest BCUT2D eigenvalue weighted by molar-refractivity contribution is 0.0996. The molecule has 1 N–H and O–H groups in total. The van der Waals surface area contributed by atoms with E-state index in [2.05, 4.69) is 16.4 Å². The average Bonchev–Trinajstić information content (AvgIpc) is 2.72. The zero-order chi connectivity index (χ0) is 9.80. The molecule has 0 atom stereocenters. The van der Waals surface area contributed by atoms with E-state index >= 15 is 0 Å². The first-order valence-electron chi connectivity index (χ1n) is 4.02. The fraction of sp³-hybridized carbons (Fsp3) is 0. The molecule has 0 aliphatic heterocycles. The highest BCUT2D eigenvalue weighted by atomic mass is 16.3. The van der Waals surface area contributed by atoms with Crippen molar-refractivity contribution in [3.05, 3.63) is 48.7 Å². The van der Waals surface area contributed by atoms with Crippen LogP contribution in [0.3, 0.4) is 0 Å². The van der Waals surface area contributed by atoms with Gasteiger partial charge in [0.1, 0.15) is 0 Å². The molecule has 1 amide bonds. The molecule has 2 aromatic rings. The number of amides is 1. The van der Waals surface area contributed by atoms with E-state index in [-0.39, 0.29) is 11.7 Å². The third-order valence-electron chi connectivity index (χ3n) is 1.63. The maximum absolute atomic E-state index is 11.4. The lowest BCUT2D eigenvalue weighted by atomic mass is 10.3. The van der Waals surface area contributed by atoms with Crippen LogP contribution >= 0.6 is 0 Å². The van der Waals surface area contributed by atoms with Gasteiger partial charge >= 0.3 is 0 Å². The monoisotopic (exact) mass is 187 g/mol. The molecule has 4 nitrogen and oxygen atoms in total.